The minimum absolute atomic E-state index is 0.370. The molecule has 33 heavy (non-hydrogen) atoms. The van der Waals surface area contributed by atoms with Gasteiger partial charge >= 0.3 is 0 Å². The Labute approximate surface area is 191 Å². The van der Waals surface area contributed by atoms with Gasteiger partial charge in [-0.2, -0.15) is 0 Å². The zero-order chi connectivity index (χ0) is 22.5. The number of hydrogen-bond acceptors (Lipinski definition) is 7. The predicted molar refractivity (Wildman–Crippen MR) is 125 cm³/mol. The van der Waals surface area contributed by atoms with Crippen molar-refractivity contribution in [2.45, 2.75) is 63.1 Å². The van der Waals surface area contributed by atoms with Gasteiger partial charge in [0.25, 0.3) is 0 Å². The monoisotopic (exact) mass is 445 g/mol. The molecule has 0 unspecified atom stereocenters. The van der Waals surface area contributed by atoms with Gasteiger partial charge in [-0.3, -0.25) is 4.98 Å². The second kappa shape index (κ2) is 8.06. The lowest BCUT2D eigenvalue weighted by atomic mass is 9.94. The maximum atomic E-state index is 10.7. The summed E-state index contributed by atoms with van der Waals surface area (Å²) in [5.41, 5.74) is 11.3. The van der Waals surface area contributed by atoms with Crippen molar-refractivity contribution in [2.75, 3.05) is 5.73 Å². The maximum Gasteiger partial charge on any atom is 0.164 e. The van der Waals surface area contributed by atoms with Gasteiger partial charge in [-0.05, 0) is 67.9 Å². The first-order valence-corrected chi connectivity index (χ1v) is 11.6. The number of rotatable bonds is 4. The Morgan fingerprint density at radius 3 is 2.85 bits per heavy atom. The van der Waals surface area contributed by atoms with Crippen LogP contribution in [0, 0.1) is 0 Å². The number of hydrogen-bond donors (Lipinski definition) is 3. The second-order valence-electron chi connectivity index (χ2n) is 9.13. The van der Waals surface area contributed by atoms with Crippen molar-refractivity contribution in [2.24, 2.45) is 0 Å². The molecule has 1 saturated heterocycles. The van der Waals surface area contributed by atoms with Gasteiger partial charge in [0.1, 0.15) is 30.0 Å². The summed E-state index contributed by atoms with van der Waals surface area (Å²) in [7, 11) is 0. The minimum Gasteiger partial charge on any atom is -0.388 e. The molecule has 2 aliphatic rings. The summed E-state index contributed by atoms with van der Waals surface area (Å²) in [4.78, 5) is 13.2. The van der Waals surface area contributed by atoms with E-state index < -0.39 is 24.5 Å². The molecule has 0 saturated carbocycles. The summed E-state index contributed by atoms with van der Waals surface area (Å²) in [5, 5.41) is 23.2. The van der Waals surface area contributed by atoms with Crippen LogP contribution in [0.2, 0.25) is 0 Å². The van der Waals surface area contributed by atoms with E-state index in [1.165, 1.54) is 35.8 Å². The molecule has 170 valence electrons. The van der Waals surface area contributed by atoms with Crippen molar-refractivity contribution in [3.8, 4) is 0 Å². The minimum atomic E-state index is -1.06. The number of fused-ring (bicyclic) bond motifs is 3. The second-order valence-corrected chi connectivity index (χ2v) is 9.13. The molecule has 0 radical (unpaired) electrons. The number of nitrogens with two attached hydrogens (primary N) is 1. The van der Waals surface area contributed by atoms with Crippen LogP contribution in [-0.2, 0) is 24.0 Å². The quantitative estimate of drug-likeness (QED) is 0.442. The molecule has 6 rings (SSSR count). The number of aryl methyl sites for hydroxylation is 3. The standard InChI is InChI=1S/C25H27N5O3/c26-23-17-9-10-30(24(17)28-13-27-23)25-22(32)21(31)20(33-25)8-6-14-5-7-16-12-15-3-1-2-4-18(15)29-19(16)11-14/h5,7,9-13,20-22,25,31-32H,1-4,6,8H2,(H2,26,27,28)/t20-,21-,22-,25-/m1/s1. The molecule has 1 aliphatic heterocycles. The van der Waals surface area contributed by atoms with Crippen molar-refractivity contribution >= 4 is 27.8 Å². The molecule has 1 aliphatic carbocycles. The Morgan fingerprint density at radius 1 is 1.06 bits per heavy atom. The highest BCUT2D eigenvalue weighted by atomic mass is 16.6. The molecule has 8 nitrogen and oxygen atoms in total. The number of aliphatic hydroxyl groups is 2. The summed E-state index contributed by atoms with van der Waals surface area (Å²) in [6.07, 6.45) is 5.80. The highest BCUT2D eigenvalue weighted by Gasteiger charge is 2.43. The molecule has 0 bridgehead atoms. The van der Waals surface area contributed by atoms with E-state index in [-0.39, 0.29) is 0 Å². The fourth-order valence-corrected chi connectivity index (χ4v) is 5.20. The summed E-state index contributed by atoms with van der Waals surface area (Å²) in [5.74, 6) is 0.370. The molecule has 0 spiro atoms. The highest BCUT2D eigenvalue weighted by molar-refractivity contribution is 5.86. The summed E-state index contributed by atoms with van der Waals surface area (Å²) < 4.78 is 7.82. The smallest absolute Gasteiger partial charge is 0.164 e. The predicted octanol–water partition coefficient (Wildman–Crippen LogP) is 2.69. The van der Waals surface area contributed by atoms with E-state index in [2.05, 4.69) is 34.2 Å². The third kappa shape index (κ3) is 3.55. The first kappa shape index (κ1) is 20.5. The van der Waals surface area contributed by atoms with Crippen LogP contribution >= 0.6 is 0 Å². The van der Waals surface area contributed by atoms with Gasteiger partial charge in [-0.1, -0.05) is 12.1 Å². The molecule has 8 heteroatoms. The van der Waals surface area contributed by atoms with E-state index in [1.807, 2.05) is 0 Å². The number of pyridine rings is 1. The van der Waals surface area contributed by atoms with Gasteiger partial charge in [0.2, 0.25) is 0 Å². The number of aliphatic hydroxyl groups excluding tert-OH is 2. The average Bonchev–Trinajstić information content (AvgIpc) is 3.38. The third-order valence-corrected chi connectivity index (χ3v) is 7.03. The van der Waals surface area contributed by atoms with Crippen LogP contribution in [0.4, 0.5) is 5.82 Å². The van der Waals surface area contributed by atoms with Crippen LogP contribution in [0.3, 0.4) is 0 Å². The molecule has 0 amide bonds. The summed E-state index contributed by atoms with van der Waals surface area (Å²) in [6, 6.07) is 10.5. The molecule has 1 aromatic carbocycles. The summed E-state index contributed by atoms with van der Waals surface area (Å²) >= 11 is 0. The van der Waals surface area contributed by atoms with E-state index in [9.17, 15) is 10.2 Å². The summed E-state index contributed by atoms with van der Waals surface area (Å²) in [6.45, 7) is 0. The number of nitrogens with zero attached hydrogens (tertiary/aromatic N) is 4. The van der Waals surface area contributed by atoms with Gasteiger partial charge < -0.3 is 25.3 Å². The average molecular weight is 446 g/mol. The fraction of sp³-hybridized carbons (Fsp3) is 0.400. The molecule has 1 fully saturated rings. The van der Waals surface area contributed by atoms with Crippen LogP contribution in [0.5, 0.6) is 0 Å². The Bertz CT molecular complexity index is 1340. The number of benzene rings is 1. The van der Waals surface area contributed by atoms with Crippen molar-refractivity contribution in [3.63, 3.8) is 0 Å². The van der Waals surface area contributed by atoms with Crippen LogP contribution in [0.1, 0.15) is 42.3 Å². The zero-order valence-electron chi connectivity index (χ0n) is 18.3. The third-order valence-electron chi connectivity index (χ3n) is 7.03. The van der Waals surface area contributed by atoms with E-state index in [1.54, 1.807) is 16.8 Å². The highest BCUT2D eigenvalue weighted by Crippen LogP contribution is 2.34. The topological polar surface area (TPSA) is 119 Å². The molecular formula is C25H27N5O3. The number of anilines is 1. The van der Waals surface area contributed by atoms with Gasteiger partial charge in [-0.25, -0.2) is 9.97 Å². The van der Waals surface area contributed by atoms with Gasteiger partial charge in [0, 0.05) is 17.3 Å². The Kier molecular flexibility index (Phi) is 5.01. The largest absolute Gasteiger partial charge is 0.388 e. The Morgan fingerprint density at radius 2 is 1.94 bits per heavy atom. The normalized spacial score (nSPS) is 25.0. The first-order chi connectivity index (χ1) is 16.1. The lowest BCUT2D eigenvalue weighted by Crippen LogP contribution is -2.31. The van der Waals surface area contributed by atoms with E-state index in [0.717, 1.165) is 30.3 Å². The molecule has 4 N–H and O–H groups in total. The van der Waals surface area contributed by atoms with Crippen LogP contribution in [0.25, 0.3) is 21.9 Å². The maximum absolute atomic E-state index is 10.7. The van der Waals surface area contributed by atoms with Gasteiger partial charge in [-0.15, -0.1) is 0 Å². The Balaban J connectivity index is 1.20. The number of ether oxygens (including phenoxy) is 1. The molecule has 4 atom stereocenters. The SMILES string of the molecule is Nc1ncnc2c1ccn2[C@@H]1O[C@H](CCc2ccc3cc4c(nc3c2)CCCC4)[C@@H](O)[C@H]1O. The molecule has 4 heterocycles. The van der Waals surface area contributed by atoms with E-state index in [0.29, 0.717) is 23.3 Å². The van der Waals surface area contributed by atoms with Crippen LogP contribution < -0.4 is 5.73 Å². The van der Waals surface area contributed by atoms with Crippen molar-refractivity contribution in [1.82, 2.24) is 19.5 Å². The lowest BCUT2D eigenvalue weighted by Gasteiger charge is -2.17. The van der Waals surface area contributed by atoms with Crippen LogP contribution in [0.15, 0.2) is 42.9 Å². The van der Waals surface area contributed by atoms with Crippen molar-refractivity contribution < 1.29 is 14.9 Å². The number of aromatic nitrogens is 4. The fourth-order valence-electron chi connectivity index (χ4n) is 5.20. The van der Waals surface area contributed by atoms with E-state index >= 15 is 0 Å². The lowest BCUT2D eigenvalue weighted by molar-refractivity contribution is -0.0364. The van der Waals surface area contributed by atoms with Gasteiger partial charge in [0.15, 0.2) is 6.23 Å². The molecule has 4 aromatic rings. The Hall–Kier alpha value is -3.07. The zero-order valence-corrected chi connectivity index (χ0v) is 18.3. The molecular weight excluding hydrogens is 418 g/mol. The first-order valence-electron chi connectivity index (χ1n) is 11.6. The van der Waals surface area contributed by atoms with Crippen molar-refractivity contribution in [3.05, 3.63) is 59.7 Å². The van der Waals surface area contributed by atoms with Crippen molar-refractivity contribution in [1.29, 1.82) is 0 Å². The molecule has 3 aromatic heterocycles. The number of nitrogen functional groups attached to an aromatic ring is 1. The van der Waals surface area contributed by atoms with E-state index in [4.69, 9.17) is 15.5 Å². The van der Waals surface area contributed by atoms with Crippen LogP contribution in [-0.4, -0.2) is 48.0 Å². The van der Waals surface area contributed by atoms with Gasteiger partial charge in [0.05, 0.1) is 17.0 Å².